The molecule has 14 heavy (non-hydrogen) atoms. The molecule has 0 bridgehead atoms. The van der Waals surface area contributed by atoms with Crippen LogP contribution in [-0.2, 0) is 0 Å². The van der Waals surface area contributed by atoms with Crippen molar-refractivity contribution in [1.82, 2.24) is 10.6 Å². The lowest BCUT2D eigenvalue weighted by Crippen LogP contribution is -2.49. The lowest BCUT2D eigenvalue weighted by atomic mass is 9.98. The first kappa shape index (κ1) is 10.4. The highest BCUT2D eigenvalue weighted by atomic mass is 16.3. The summed E-state index contributed by atoms with van der Waals surface area (Å²) < 4.78 is 0. The third-order valence-corrected chi connectivity index (χ3v) is 3.52. The molecule has 0 saturated carbocycles. The van der Waals surface area contributed by atoms with E-state index in [1.807, 2.05) is 0 Å². The van der Waals surface area contributed by atoms with E-state index in [4.69, 9.17) is 0 Å². The summed E-state index contributed by atoms with van der Waals surface area (Å²) in [5, 5.41) is 17.0. The maximum Gasteiger partial charge on any atom is 0.0845 e. The Kier molecular flexibility index (Phi) is 3.79. The third-order valence-electron chi connectivity index (χ3n) is 3.52. The molecule has 2 aliphatic heterocycles. The van der Waals surface area contributed by atoms with Crippen LogP contribution in [0.5, 0.6) is 0 Å². The van der Waals surface area contributed by atoms with Crippen molar-refractivity contribution in [2.75, 3.05) is 13.1 Å². The van der Waals surface area contributed by atoms with Gasteiger partial charge in [-0.15, -0.1) is 0 Å². The molecule has 0 aromatic rings. The molecule has 2 rings (SSSR count). The molecule has 0 aromatic carbocycles. The van der Waals surface area contributed by atoms with Crippen LogP contribution in [0.25, 0.3) is 0 Å². The predicted molar refractivity (Wildman–Crippen MR) is 57.3 cm³/mol. The first-order valence-electron chi connectivity index (χ1n) is 6.03. The van der Waals surface area contributed by atoms with Crippen LogP contribution in [0.4, 0.5) is 0 Å². The van der Waals surface area contributed by atoms with E-state index in [0.717, 1.165) is 25.9 Å². The normalized spacial score (nSPS) is 36.6. The molecule has 3 heteroatoms. The third kappa shape index (κ3) is 2.47. The van der Waals surface area contributed by atoms with Gasteiger partial charge in [-0.3, -0.25) is 0 Å². The van der Waals surface area contributed by atoms with E-state index in [1.54, 1.807) is 0 Å². The van der Waals surface area contributed by atoms with Gasteiger partial charge >= 0.3 is 0 Å². The van der Waals surface area contributed by atoms with Crippen LogP contribution in [0.3, 0.4) is 0 Å². The van der Waals surface area contributed by atoms with Gasteiger partial charge in [0.15, 0.2) is 0 Å². The Morgan fingerprint density at radius 2 is 1.50 bits per heavy atom. The summed E-state index contributed by atoms with van der Waals surface area (Å²) >= 11 is 0. The van der Waals surface area contributed by atoms with Crippen LogP contribution >= 0.6 is 0 Å². The zero-order valence-electron chi connectivity index (χ0n) is 8.84. The number of nitrogens with one attached hydrogen (secondary N) is 2. The van der Waals surface area contributed by atoms with Crippen LogP contribution in [0.2, 0.25) is 0 Å². The summed E-state index contributed by atoms with van der Waals surface area (Å²) in [5.74, 6) is 0. The summed E-state index contributed by atoms with van der Waals surface area (Å²) in [6, 6.07) is 0.665. The summed E-state index contributed by atoms with van der Waals surface area (Å²) in [5.41, 5.74) is 0. The average Bonchev–Trinajstić information content (AvgIpc) is 2.59. The minimum Gasteiger partial charge on any atom is -0.390 e. The van der Waals surface area contributed by atoms with Gasteiger partial charge < -0.3 is 15.7 Å². The molecule has 3 unspecified atom stereocenters. The van der Waals surface area contributed by atoms with E-state index in [9.17, 15) is 5.11 Å². The van der Waals surface area contributed by atoms with E-state index in [2.05, 4.69) is 10.6 Å². The number of hydrogen-bond donors (Lipinski definition) is 3. The lowest BCUT2D eigenvalue weighted by molar-refractivity contribution is 0.0916. The molecule has 3 atom stereocenters. The second-order valence-corrected chi connectivity index (χ2v) is 4.60. The summed E-state index contributed by atoms with van der Waals surface area (Å²) in [7, 11) is 0. The minimum atomic E-state index is -0.185. The number of rotatable bonds is 2. The van der Waals surface area contributed by atoms with Crippen LogP contribution in [0.15, 0.2) is 0 Å². The Labute approximate surface area is 86.3 Å². The van der Waals surface area contributed by atoms with Crippen molar-refractivity contribution >= 4 is 0 Å². The van der Waals surface area contributed by atoms with Crippen molar-refractivity contribution in [3.8, 4) is 0 Å². The largest absolute Gasteiger partial charge is 0.390 e. The summed E-state index contributed by atoms with van der Waals surface area (Å²) in [6.07, 6.45) is 7.15. The fraction of sp³-hybridized carbons (Fsp3) is 1.00. The van der Waals surface area contributed by atoms with E-state index >= 15 is 0 Å². The van der Waals surface area contributed by atoms with Crippen LogP contribution < -0.4 is 10.6 Å². The van der Waals surface area contributed by atoms with Crippen molar-refractivity contribution in [3.63, 3.8) is 0 Å². The van der Waals surface area contributed by atoms with E-state index in [1.165, 1.54) is 25.7 Å². The van der Waals surface area contributed by atoms with Gasteiger partial charge in [0.1, 0.15) is 0 Å². The molecule has 82 valence electrons. The van der Waals surface area contributed by atoms with Gasteiger partial charge in [0.05, 0.1) is 6.10 Å². The first-order chi connectivity index (χ1) is 6.88. The summed E-state index contributed by atoms with van der Waals surface area (Å²) in [6.45, 7) is 2.16. The highest BCUT2D eigenvalue weighted by molar-refractivity contribution is 4.89. The lowest BCUT2D eigenvalue weighted by Gasteiger charge is -2.27. The van der Waals surface area contributed by atoms with Crippen LogP contribution in [-0.4, -0.2) is 36.4 Å². The predicted octanol–water partition coefficient (Wildman–Crippen LogP) is 0.632. The van der Waals surface area contributed by atoms with Crippen LogP contribution in [0, 0.1) is 0 Å². The molecule has 2 fully saturated rings. The molecular weight excluding hydrogens is 176 g/mol. The topological polar surface area (TPSA) is 44.3 Å². The Hall–Kier alpha value is -0.120. The molecule has 3 nitrogen and oxygen atoms in total. The molecule has 0 radical (unpaired) electrons. The van der Waals surface area contributed by atoms with E-state index in [-0.39, 0.29) is 6.10 Å². The SMILES string of the molecule is OC(C1CCCCCN1)C1CCCN1. The van der Waals surface area contributed by atoms with Gasteiger partial charge in [0, 0.05) is 12.1 Å². The quantitative estimate of drug-likeness (QED) is 0.610. The Morgan fingerprint density at radius 1 is 0.857 bits per heavy atom. The highest BCUT2D eigenvalue weighted by Crippen LogP contribution is 2.17. The van der Waals surface area contributed by atoms with Gasteiger partial charge in [-0.05, 0) is 38.8 Å². The van der Waals surface area contributed by atoms with Gasteiger partial charge in [0.25, 0.3) is 0 Å². The van der Waals surface area contributed by atoms with Gasteiger partial charge in [0.2, 0.25) is 0 Å². The molecule has 2 saturated heterocycles. The van der Waals surface area contributed by atoms with E-state index < -0.39 is 0 Å². The van der Waals surface area contributed by atoms with Gasteiger partial charge in [-0.2, -0.15) is 0 Å². The van der Waals surface area contributed by atoms with Gasteiger partial charge in [-0.1, -0.05) is 12.8 Å². The maximum atomic E-state index is 10.2. The minimum absolute atomic E-state index is 0.185. The molecule has 0 aromatic heterocycles. The smallest absolute Gasteiger partial charge is 0.0845 e. The Morgan fingerprint density at radius 3 is 2.14 bits per heavy atom. The zero-order valence-corrected chi connectivity index (χ0v) is 8.84. The van der Waals surface area contributed by atoms with Crippen molar-refractivity contribution in [2.45, 2.75) is 56.7 Å². The van der Waals surface area contributed by atoms with Gasteiger partial charge in [-0.25, -0.2) is 0 Å². The first-order valence-corrected chi connectivity index (χ1v) is 6.03. The maximum absolute atomic E-state index is 10.2. The molecule has 0 amide bonds. The van der Waals surface area contributed by atoms with Crippen molar-refractivity contribution in [1.29, 1.82) is 0 Å². The Balaban J connectivity index is 1.84. The second-order valence-electron chi connectivity index (χ2n) is 4.60. The number of aliphatic hydroxyl groups is 1. The molecule has 2 heterocycles. The molecular formula is C11H22N2O. The van der Waals surface area contributed by atoms with Crippen molar-refractivity contribution < 1.29 is 5.11 Å². The average molecular weight is 198 g/mol. The number of hydrogen-bond acceptors (Lipinski definition) is 3. The standard InChI is InChI=1S/C11H22N2O/c14-11(10-6-4-8-13-10)9-5-2-1-3-7-12-9/h9-14H,1-8H2. The number of aliphatic hydroxyl groups excluding tert-OH is 1. The molecule has 0 aliphatic carbocycles. The van der Waals surface area contributed by atoms with Crippen molar-refractivity contribution in [3.05, 3.63) is 0 Å². The van der Waals surface area contributed by atoms with E-state index in [0.29, 0.717) is 12.1 Å². The fourth-order valence-electron chi connectivity index (χ4n) is 2.63. The second kappa shape index (κ2) is 5.10. The zero-order chi connectivity index (χ0) is 9.80. The monoisotopic (exact) mass is 198 g/mol. The molecule has 0 spiro atoms. The molecule has 2 aliphatic rings. The summed E-state index contributed by atoms with van der Waals surface area (Å²) in [4.78, 5) is 0. The highest BCUT2D eigenvalue weighted by Gasteiger charge is 2.29. The fourth-order valence-corrected chi connectivity index (χ4v) is 2.63. The van der Waals surface area contributed by atoms with Crippen LogP contribution in [0.1, 0.15) is 38.5 Å². The Bertz CT molecular complexity index is 161. The molecule has 3 N–H and O–H groups in total. The van der Waals surface area contributed by atoms with Crippen molar-refractivity contribution in [2.24, 2.45) is 0 Å².